The van der Waals surface area contributed by atoms with Crippen LogP contribution in [0.2, 0.25) is 0 Å². The number of para-hydroxylation sites is 1. The van der Waals surface area contributed by atoms with Crippen LogP contribution in [0.15, 0.2) is 52.7 Å². The summed E-state index contributed by atoms with van der Waals surface area (Å²) in [6.45, 7) is 0. The highest BCUT2D eigenvalue weighted by atomic mass is 32.2. The average molecular weight is 354 g/mol. The van der Waals surface area contributed by atoms with Gasteiger partial charge in [0.25, 0.3) is 5.91 Å². The van der Waals surface area contributed by atoms with Gasteiger partial charge in [0.1, 0.15) is 4.32 Å². The van der Waals surface area contributed by atoms with Gasteiger partial charge in [-0.05, 0) is 24.3 Å². The number of hydrogen-bond acceptors (Lipinski definition) is 5. The fourth-order valence-electron chi connectivity index (χ4n) is 2.34. The molecule has 6 heteroatoms. The topological polar surface area (TPSA) is 42.0 Å². The predicted octanol–water partition coefficient (Wildman–Crippen LogP) is 4.45. The van der Waals surface area contributed by atoms with E-state index in [4.69, 9.17) is 17.2 Å². The van der Waals surface area contributed by atoms with Gasteiger partial charge in [0.2, 0.25) is 0 Å². The summed E-state index contributed by atoms with van der Waals surface area (Å²) in [6.07, 6.45) is 1.87. The highest BCUT2D eigenvalue weighted by molar-refractivity contribution is 8.26. The molecule has 3 aromatic rings. The maximum atomic E-state index is 11.7. The Kier molecular flexibility index (Phi) is 3.72. The number of aromatic nitrogens is 1. The number of carbonyl (C=O) groups excluding carboxylic acids is 1. The number of nitrogens with zero attached hydrogens (tertiary/aromatic N) is 1. The number of amides is 1. The van der Waals surface area contributed by atoms with E-state index in [1.807, 2.05) is 42.5 Å². The van der Waals surface area contributed by atoms with E-state index in [-0.39, 0.29) is 5.91 Å². The van der Waals surface area contributed by atoms with Crippen LogP contribution in [0.1, 0.15) is 4.88 Å². The van der Waals surface area contributed by atoms with E-state index < -0.39 is 0 Å². The van der Waals surface area contributed by atoms with Crippen molar-refractivity contribution in [1.29, 1.82) is 0 Å². The van der Waals surface area contributed by atoms with Crippen molar-refractivity contribution in [3.05, 3.63) is 57.6 Å². The predicted molar refractivity (Wildman–Crippen MR) is 101 cm³/mol. The molecule has 4 rings (SSSR count). The average Bonchev–Trinajstić information content (AvgIpc) is 3.14. The molecule has 3 nitrogen and oxygen atoms in total. The number of fused-ring (bicyclic) bond motifs is 1. The lowest BCUT2D eigenvalue weighted by Crippen LogP contribution is -2.17. The summed E-state index contributed by atoms with van der Waals surface area (Å²) in [4.78, 5) is 18.1. The van der Waals surface area contributed by atoms with E-state index in [0.717, 1.165) is 27.0 Å². The summed E-state index contributed by atoms with van der Waals surface area (Å²) >= 11 is 7.88. The first kappa shape index (κ1) is 14.6. The minimum Gasteiger partial charge on any atom is -0.307 e. The number of benzene rings is 1. The molecular weight excluding hydrogens is 344 g/mol. The second kappa shape index (κ2) is 5.88. The van der Waals surface area contributed by atoms with Crippen molar-refractivity contribution >= 4 is 62.5 Å². The molecular formula is C17H10N2OS3. The summed E-state index contributed by atoms with van der Waals surface area (Å²) in [5.74, 6) is -0.126. The third-order valence-electron chi connectivity index (χ3n) is 3.43. The molecule has 1 amide bonds. The van der Waals surface area contributed by atoms with Crippen LogP contribution in [0, 0.1) is 0 Å². The van der Waals surface area contributed by atoms with Gasteiger partial charge in [-0.15, -0.1) is 11.3 Å². The largest absolute Gasteiger partial charge is 0.307 e. The maximum absolute atomic E-state index is 11.7. The fourth-order valence-corrected chi connectivity index (χ4v) is 4.28. The third kappa shape index (κ3) is 2.93. The first-order chi connectivity index (χ1) is 11.2. The van der Waals surface area contributed by atoms with Crippen LogP contribution in [0.5, 0.6) is 0 Å². The Morgan fingerprint density at radius 3 is 2.87 bits per heavy atom. The van der Waals surface area contributed by atoms with Crippen molar-refractivity contribution in [2.75, 3.05) is 0 Å². The number of carbonyl (C=O) groups is 1. The normalized spacial score (nSPS) is 16.3. The number of hydrogen-bond donors (Lipinski definition) is 1. The van der Waals surface area contributed by atoms with E-state index in [1.54, 1.807) is 11.3 Å². The highest BCUT2D eigenvalue weighted by Gasteiger charge is 2.22. The van der Waals surface area contributed by atoms with Crippen molar-refractivity contribution in [2.45, 2.75) is 0 Å². The summed E-state index contributed by atoms with van der Waals surface area (Å²) < 4.78 is 0.509. The molecule has 1 aliphatic heterocycles. The van der Waals surface area contributed by atoms with Gasteiger partial charge in [0, 0.05) is 21.2 Å². The molecule has 1 aromatic carbocycles. The summed E-state index contributed by atoms with van der Waals surface area (Å²) in [7, 11) is 0. The van der Waals surface area contributed by atoms with Gasteiger partial charge in [-0.3, -0.25) is 4.79 Å². The molecule has 3 heterocycles. The fraction of sp³-hybridized carbons (Fsp3) is 0. The molecule has 0 bridgehead atoms. The van der Waals surface area contributed by atoms with Gasteiger partial charge in [0.15, 0.2) is 0 Å². The van der Waals surface area contributed by atoms with E-state index in [0.29, 0.717) is 9.23 Å². The molecule has 112 valence electrons. The van der Waals surface area contributed by atoms with Gasteiger partial charge in [-0.2, -0.15) is 0 Å². The molecule has 1 fully saturated rings. The monoisotopic (exact) mass is 354 g/mol. The van der Waals surface area contributed by atoms with E-state index in [2.05, 4.69) is 16.8 Å². The van der Waals surface area contributed by atoms with E-state index in [1.165, 1.54) is 11.8 Å². The van der Waals surface area contributed by atoms with Gasteiger partial charge in [0.05, 0.1) is 16.1 Å². The van der Waals surface area contributed by atoms with Crippen LogP contribution in [0.4, 0.5) is 0 Å². The Morgan fingerprint density at radius 2 is 2.04 bits per heavy atom. The molecule has 1 N–H and O–H groups in total. The Balaban J connectivity index is 1.68. The molecule has 0 radical (unpaired) electrons. The Labute approximate surface area is 146 Å². The Hall–Kier alpha value is -2.02. The Morgan fingerprint density at radius 1 is 1.17 bits per heavy atom. The van der Waals surface area contributed by atoms with Crippen molar-refractivity contribution in [2.24, 2.45) is 0 Å². The molecule has 23 heavy (non-hydrogen) atoms. The number of thiophene rings is 1. The van der Waals surface area contributed by atoms with Crippen LogP contribution in [-0.4, -0.2) is 15.2 Å². The summed E-state index contributed by atoms with van der Waals surface area (Å²) in [6, 6.07) is 14.2. The molecule has 0 unspecified atom stereocenters. The molecule has 0 atom stereocenters. The van der Waals surface area contributed by atoms with Crippen LogP contribution in [0.25, 0.3) is 28.2 Å². The van der Waals surface area contributed by atoms with Crippen molar-refractivity contribution < 1.29 is 4.79 Å². The molecule has 1 aliphatic rings. The molecule has 0 saturated carbocycles. The zero-order valence-electron chi connectivity index (χ0n) is 11.8. The lowest BCUT2D eigenvalue weighted by molar-refractivity contribution is -0.115. The minimum atomic E-state index is -0.126. The van der Waals surface area contributed by atoms with Crippen LogP contribution in [0.3, 0.4) is 0 Å². The summed E-state index contributed by atoms with van der Waals surface area (Å²) in [5.41, 5.74) is 2.97. The number of thioether (sulfide) groups is 1. The maximum Gasteiger partial charge on any atom is 0.263 e. The van der Waals surface area contributed by atoms with Gasteiger partial charge >= 0.3 is 0 Å². The molecule has 1 saturated heterocycles. The van der Waals surface area contributed by atoms with E-state index >= 15 is 0 Å². The second-order valence-electron chi connectivity index (χ2n) is 4.98. The zero-order chi connectivity index (χ0) is 15.8. The van der Waals surface area contributed by atoms with Gasteiger partial charge < -0.3 is 5.32 Å². The number of pyridine rings is 1. The third-order valence-corrected chi connectivity index (χ3v) is 5.47. The van der Waals surface area contributed by atoms with E-state index in [9.17, 15) is 4.79 Å². The molecule has 2 aromatic heterocycles. The SMILES string of the molecule is O=C1NC(=S)SC1=Cc1cc(-c2ccc3ccccc3n2)cs1. The molecule has 0 aliphatic carbocycles. The quantitative estimate of drug-likeness (QED) is 0.545. The van der Waals surface area contributed by atoms with Gasteiger partial charge in [-0.25, -0.2) is 4.98 Å². The minimum absolute atomic E-state index is 0.126. The number of thiocarbonyl (C=S) groups is 1. The van der Waals surface area contributed by atoms with Gasteiger partial charge in [-0.1, -0.05) is 48.2 Å². The lowest BCUT2D eigenvalue weighted by Gasteiger charge is -2.00. The molecule has 0 spiro atoms. The van der Waals surface area contributed by atoms with Crippen molar-refractivity contribution in [3.8, 4) is 11.3 Å². The zero-order valence-corrected chi connectivity index (χ0v) is 14.2. The second-order valence-corrected chi connectivity index (χ2v) is 7.64. The number of rotatable bonds is 2. The first-order valence-corrected chi connectivity index (χ1v) is 8.99. The standard InChI is InChI=1S/C17H10N2OS3/c20-16-15(23-17(21)19-16)8-12-7-11(9-22-12)14-6-5-10-3-1-2-4-13(10)18-14/h1-9H,(H,19,20,21). The number of nitrogens with one attached hydrogen (secondary N) is 1. The van der Waals surface area contributed by atoms with Crippen molar-refractivity contribution in [3.63, 3.8) is 0 Å². The van der Waals surface area contributed by atoms with Crippen LogP contribution in [-0.2, 0) is 4.79 Å². The van der Waals surface area contributed by atoms with Crippen LogP contribution >= 0.6 is 35.3 Å². The lowest BCUT2D eigenvalue weighted by atomic mass is 10.1. The Bertz CT molecular complexity index is 975. The van der Waals surface area contributed by atoms with Crippen LogP contribution < -0.4 is 5.32 Å². The highest BCUT2D eigenvalue weighted by Crippen LogP contribution is 2.31. The summed E-state index contributed by atoms with van der Waals surface area (Å²) in [5, 5.41) is 5.81. The smallest absolute Gasteiger partial charge is 0.263 e. The first-order valence-electron chi connectivity index (χ1n) is 6.88. The van der Waals surface area contributed by atoms with Crippen molar-refractivity contribution in [1.82, 2.24) is 10.3 Å².